The monoisotopic (exact) mass is 1240 g/mol. The minimum atomic E-state index is -0.204. The van der Waals surface area contributed by atoms with E-state index in [0.717, 1.165) is 38.5 Å². The van der Waals surface area contributed by atoms with Crippen LogP contribution in [0.25, 0.3) is 0 Å². The predicted molar refractivity (Wildman–Crippen MR) is 359 cm³/mol. The van der Waals surface area contributed by atoms with Gasteiger partial charge < -0.3 is 28.9 Å². The summed E-state index contributed by atoms with van der Waals surface area (Å²) in [6.45, 7) is 8.47. The number of carbonyl (C=O) groups is 6. The summed E-state index contributed by atoms with van der Waals surface area (Å²) in [6, 6.07) is 0. The predicted octanol–water partition coefficient (Wildman–Crippen LogP) is 19.0. The van der Waals surface area contributed by atoms with Crippen molar-refractivity contribution in [2.24, 2.45) is 0 Å². The van der Waals surface area contributed by atoms with Crippen LogP contribution in [-0.4, -0.2) is 125 Å². The molecule has 0 aromatic heterocycles. The zero-order chi connectivity index (χ0) is 60.9. The summed E-state index contributed by atoms with van der Waals surface area (Å²) in [4.78, 5) is 82.9. The molecular weight excluding hydrogens is 1110 g/mol. The van der Waals surface area contributed by atoms with E-state index in [1.165, 1.54) is 266 Å². The lowest BCUT2D eigenvalue weighted by atomic mass is 10.0. The third-order valence-corrected chi connectivity index (χ3v) is 19.1. The Morgan fingerprint density at radius 1 is 0.250 bits per heavy atom. The molecule has 0 bridgehead atoms. The Labute approximate surface area is 529 Å². The van der Waals surface area contributed by atoms with Gasteiger partial charge in [0.1, 0.15) is 0 Å². The van der Waals surface area contributed by atoms with Crippen LogP contribution in [0, 0.1) is 0 Å². The van der Waals surface area contributed by atoms with Crippen LogP contribution in [0.15, 0.2) is 0 Å². The standard InChI is InChI=1S/C69H129N3O9S3/c1-4-7-10-13-16-19-22-25-28-31-34-37-40-43-52-79-67(76)49-58-82-55-46-64(73)70-61-71(65(74)47-56-83-59-50-68(77)80-53-44-41-38-35-32-29-26-23-20-17-14-11-8-5-2)63-72(62-70)66(75)48-57-84-60-51-69(78)81-54-45-42-39-36-33-30-27-24-21-18-15-12-9-6-3/h4-63H2,1-3H3. The van der Waals surface area contributed by atoms with Crippen molar-refractivity contribution in [3.8, 4) is 0 Å². The normalized spacial score (nSPS) is 12.5. The van der Waals surface area contributed by atoms with Crippen LogP contribution >= 0.6 is 35.3 Å². The van der Waals surface area contributed by atoms with Gasteiger partial charge in [-0.25, -0.2) is 0 Å². The molecule has 0 aromatic carbocycles. The molecule has 84 heavy (non-hydrogen) atoms. The topological polar surface area (TPSA) is 140 Å². The van der Waals surface area contributed by atoms with E-state index >= 15 is 0 Å². The Kier molecular flexibility index (Phi) is 59.4. The molecule has 0 N–H and O–H groups in total. The fourth-order valence-corrected chi connectivity index (χ4v) is 13.1. The first kappa shape index (κ1) is 79.9. The number of ether oxygens (including phenoxy) is 3. The summed E-state index contributed by atoms with van der Waals surface area (Å²) in [5, 5.41) is 0. The molecule has 0 saturated carbocycles. The molecular formula is C69H129N3O9S3. The van der Waals surface area contributed by atoms with Crippen molar-refractivity contribution < 1.29 is 43.0 Å². The van der Waals surface area contributed by atoms with Gasteiger partial charge >= 0.3 is 17.9 Å². The van der Waals surface area contributed by atoms with Crippen molar-refractivity contribution in [1.82, 2.24) is 14.7 Å². The first-order valence-electron chi connectivity index (χ1n) is 35.2. The van der Waals surface area contributed by atoms with Crippen LogP contribution in [-0.2, 0) is 43.0 Å². The molecule has 1 aliphatic rings. The smallest absolute Gasteiger partial charge is 0.306 e. The molecule has 1 fully saturated rings. The summed E-state index contributed by atoms with van der Waals surface area (Å²) >= 11 is 4.60. The molecule has 492 valence electrons. The molecule has 12 nitrogen and oxygen atoms in total. The zero-order valence-corrected chi connectivity index (χ0v) is 57.1. The molecule has 3 amide bonds. The maximum absolute atomic E-state index is 13.6. The second-order valence-corrected chi connectivity index (χ2v) is 27.7. The van der Waals surface area contributed by atoms with Crippen molar-refractivity contribution in [3.63, 3.8) is 0 Å². The average Bonchev–Trinajstić information content (AvgIpc) is 3.52. The number of amides is 3. The number of carbonyl (C=O) groups excluding carboxylic acids is 6. The number of unbranched alkanes of at least 4 members (excludes halogenated alkanes) is 39. The minimum Gasteiger partial charge on any atom is -0.466 e. The average molecular weight is 1240 g/mol. The Morgan fingerprint density at radius 3 is 0.607 bits per heavy atom. The number of nitrogens with zero attached hydrogens (tertiary/aromatic N) is 3. The highest BCUT2D eigenvalue weighted by molar-refractivity contribution is 7.99. The molecule has 1 aliphatic heterocycles. The molecule has 0 aliphatic carbocycles. The van der Waals surface area contributed by atoms with E-state index in [1.807, 2.05) is 0 Å². The second kappa shape index (κ2) is 62.5. The van der Waals surface area contributed by atoms with Crippen molar-refractivity contribution in [3.05, 3.63) is 0 Å². The van der Waals surface area contributed by atoms with Crippen molar-refractivity contribution >= 4 is 70.9 Å². The van der Waals surface area contributed by atoms with Gasteiger partial charge in [0.2, 0.25) is 17.7 Å². The summed E-state index contributed by atoms with van der Waals surface area (Å²) in [5.74, 6) is 2.16. The van der Waals surface area contributed by atoms with E-state index in [9.17, 15) is 28.8 Å². The number of esters is 3. The highest BCUT2D eigenvalue weighted by Crippen LogP contribution is 2.20. The molecule has 1 saturated heterocycles. The molecule has 0 atom stereocenters. The van der Waals surface area contributed by atoms with Gasteiger partial charge in [-0.15, -0.1) is 0 Å². The van der Waals surface area contributed by atoms with E-state index in [1.54, 1.807) is 14.7 Å². The largest absolute Gasteiger partial charge is 0.466 e. The summed E-state index contributed by atoms with van der Waals surface area (Å²) in [5.41, 5.74) is 0. The minimum absolute atomic E-state index is 0.101. The van der Waals surface area contributed by atoms with Gasteiger partial charge in [0.05, 0.1) is 59.1 Å². The van der Waals surface area contributed by atoms with Crippen LogP contribution < -0.4 is 0 Å². The van der Waals surface area contributed by atoms with Crippen LogP contribution in [0.3, 0.4) is 0 Å². The highest BCUT2D eigenvalue weighted by Gasteiger charge is 2.31. The van der Waals surface area contributed by atoms with Crippen LogP contribution in [0.1, 0.15) is 329 Å². The van der Waals surface area contributed by atoms with Gasteiger partial charge in [-0.05, 0) is 19.3 Å². The number of thioether (sulfide) groups is 3. The molecule has 0 aromatic rings. The van der Waals surface area contributed by atoms with Gasteiger partial charge in [0, 0.05) is 53.8 Å². The Hall–Kier alpha value is -2.13. The lowest BCUT2D eigenvalue weighted by Gasteiger charge is -2.42. The van der Waals surface area contributed by atoms with Crippen molar-refractivity contribution in [2.75, 3.05) is 74.3 Å². The van der Waals surface area contributed by atoms with Gasteiger partial charge in [-0.3, -0.25) is 28.8 Å². The van der Waals surface area contributed by atoms with Crippen molar-refractivity contribution in [2.45, 2.75) is 329 Å². The third kappa shape index (κ3) is 52.9. The Balaban J connectivity index is 2.41. The summed E-state index contributed by atoms with van der Waals surface area (Å²) in [7, 11) is 0. The second-order valence-electron chi connectivity index (χ2n) is 24.0. The van der Waals surface area contributed by atoms with Crippen LogP contribution in [0.4, 0.5) is 0 Å². The Morgan fingerprint density at radius 2 is 0.417 bits per heavy atom. The lowest BCUT2D eigenvalue weighted by molar-refractivity contribution is -0.158. The molecule has 0 radical (unpaired) electrons. The van der Waals surface area contributed by atoms with E-state index in [-0.39, 0.29) is 74.9 Å². The number of hydrogen-bond donors (Lipinski definition) is 0. The van der Waals surface area contributed by atoms with E-state index in [0.29, 0.717) is 73.6 Å². The van der Waals surface area contributed by atoms with E-state index in [2.05, 4.69) is 20.8 Å². The van der Waals surface area contributed by atoms with E-state index < -0.39 is 0 Å². The third-order valence-electron chi connectivity index (χ3n) is 16.1. The molecule has 1 heterocycles. The maximum Gasteiger partial charge on any atom is 0.306 e. The SMILES string of the molecule is CCCCCCCCCCCCCCCCOC(=O)CCSCCC(=O)N1CN(C(=O)CCSCCC(=O)OCCCCCCCCCCCCCCCC)CN(C(=O)CCSCCC(=O)OCCCCCCCCCCCCCCCC)C1. The number of hydrogen-bond acceptors (Lipinski definition) is 12. The number of rotatable bonds is 63. The van der Waals surface area contributed by atoms with Gasteiger partial charge in [-0.1, -0.05) is 271 Å². The first-order chi connectivity index (χ1) is 41.2. The fraction of sp³-hybridized carbons (Fsp3) is 0.913. The van der Waals surface area contributed by atoms with Crippen LogP contribution in [0.5, 0.6) is 0 Å². The summed E-state index contributed by atoms with van der Waals surface area (Å²) < 4.78 is 16.5. The summed E-state index contributed by atoms with van der Waals surface area (Å²) in [6.07, 6.45) is 55.4. The van der Waals surface area contributed by atoms with Crippen LogP contribution in [0.2, 0.25) is 0 Å². The maximum atomic E-state index is 13.6. The lowest BCUT2D eigenvalue weighted by Crippen LogP contribution is -2.59. The zero-order valence-electron chi connectivity index (χ0n) is 54.7. The quantitative estimate of drug-likeness (QED) is 0.0325. The fourth-order valence-electron chi connectivity index (χ4n) is 10.6. The molecule has 0 spiro atoms. The molecule has 0 unspecified atom stereocenters. The van der Waals surface area contributed by atoms with Gasteiger partial charge in [0.15, 0.2) is 0 Å². The first-order valence-corrected chi connectivity index (χ1v) is 38.7. The molecule has 1 rings (SSSR count). The van der Waals surface area contributed by atoms with E-state index in [4.69, 9.17) is 14.2 Å². The van der Waals surface area contributed by atoms with Gasteiger partial charge in [0.25, 0.3) is 0 Å². The Bertz CT molecular complexity index is 1380. The van der Waals surface area contributed by atoms with Crippen molar-refractivity contribution in [1.29, 1.82) is 0 Å². The highest BCUT2D eigenvalue weighted by atomic mass is 32.2. The van der Waals surface area contributed by atoms with Gasteiger partial charge in [-0.2, -0.15) is 35.3 Å². The molecule has 15 heteroatoms.